The Labute approximate surface area is 95.1 Å². The molecular formula is C11H7ClN2O2. The Bertz CT molecular complexity index is 708. The van der Waals surface area contributed by atoms with E-state index in [-0.39, 0.29) is 5.56 Å². The lowest BCUT2D eigenvalue weighted by Crippen LogP contribution is -2.08. The standard InChI is InChI=1S/C11H7ClN2O2/c12-9-5-4-8(16-9)7-6-14-10(13-7)2-1-3-11(14)15/h1-6,13H. The molecule has 0 aromatic carbocycles. The third-order valence-corrected chi connectivity index (χ3v) is 2.55. The Morgan fingerprint density at radius 2 is 2.12 bits per heavy atom. The highest BCUT2D eigenvalue weighted by atomic mass is 35.5. The topological polar surface area (TPSA) is 50.4 Å². The van der Waals surface area contributed by atoms with Crippen LogP contribution < -0.4 is 5.56 Å². The number of rotatable bonds is 1. The molecule has 1 N–H and O–H groups in total. The number of imidazole rings is 1. The maximum Gasteiger partial charge on any atom is 0.256 e. The molecule has 0 aliphatic rings. The first-order chi connectivity index (χ1) is 7.74. The summed E-state index contributed by atoms with van der Waals surface area (Å²) in [4.78, 5) is 14.6. The van der Waals surface area contributed by atoms with Crippen molar-refractivity contribution >= 4 is 17.2 Å². The van der Waals surface area contributed by atoms with Gasteiger partial charge in [0.05, 0.1) is 0 Å². The molecule has 0 aliphatic carbocycles. The largest absolute Gasteiger partial charge is 0.443 e. The maximum absolute atomic E-state index is 11.5. The number of pyridine rings is 1. The average Bonchev–Trinajstić information content (AvgIpc) is 2.84. The van der Waals surface area contributed by atoms with E-state index >= 15 is 0 Å². The molecule has 3 rings (SSSR count). The molecule has 3 aromatic rings. The Hall–Kier alpha value is -1.94. The van der Waals surface area contributed by atoms with Crippen LogP contribution in [0.5, 0.6) is 0 Å². The van der Waals surface area contributed by atoms with E-state index in [2.05, 4.69) is 4.98 Å². The molecule has 3 heterocycles. The smallest absolute Gasteiger partial charge is 0.256 e. The number of aromatic amines is 1. The molecule has 0 fully saturated rings. The van der Waals surface area contributed by atoms with E-state index in [9.17, 15) is 4.79 Å². The molecule has 4 nitrogen and oxygen atoms in total. The lowest BCUT2D eigenvalue weighted by atomic mass is 10.4. The predicted molar refractivity (Wildman–Crippen MR) is 60.7 cm³/mol. The van der Waals surface area contributed by atoms with Crippen LogP contribution in [0.25, 0.3) is 17.1 Å². The molecule has 0 bridgehead atoms. The minimum atomic E-state index is -0.0855. The van der Waals surface area contributed by atoms with Gasteiger partial charge >= 0.3 is 0 Å². The van der Waals surface area contributed by atoms with Crippen LogP contribution in [-0.2, 0) is 0 Å². The summed E-state index contributed by atoms with van der Waals surface area (Å²) in [6, 6.07) is 8.42. The van der Waals surface area contributed by atoms with Gasteiger partial charge in [-0.3, -0.25) is 9.20 Å². The summed E-state index contributed by atoms with van der Waals surface area (Å²) in [5.74, 6) is 0.605. The van der Waals surface area contributed by atoms with Crippen molar-refractivity contribution in [3.05, 3.63) is 52.1 Å². The second-order valence-corrected chi connectivity index (χ2v) is 3.76. The summed E-state index contributed by atoms with van der Waals surface area (Å²) in [5.41, 5.74) is 1.35. The van der Waals surface area contributed by atoms with Crippen LogP contribution >= 0.6 is 11.6 Å². The number of hydrogen-bond acceptors (Lipinski definition) is 2. The number of furan rings is 1. The first-order valence-electron chi connectivity index (χ1n) is 4.70. The Balaban J connectivity index is 2.26. The lowest BCUT2D eigenvalue weighted by molar-refractivity contribution is 0.582. The van der Waals surface area contributed by atoms with Crippen LogP contribution in [0, 0.1) is 0 Å². The molecule has 0 amide bonds. The quantitative estimate of drug-likeness (QED) is 0.704. The summed E-state index contributed by atoms with van der Waals surface area (Å²) < 4.78 is 6.78. The second kappa shape index (κ2) is 3.28. The van der Waals surface area contributed by atoms with Crippen molar-refractivity contribution in [1.29, 1.82) is 0 Å². The predicted octanol–water partition coefficient (Wildman–Crippen LogP) is 2.54. The highest BCUT2D eigenvalue weighted by molar-refractivity contribution is 6.28. The van der Waals surface area contributed by atoms with Gasteiger partial charge in [0.25, 0.3) is 5.56 Å². The Morgan fingerprint density at radius 1 is 1.25 bits per heavy atom. The van der Waals surface area contributed by atoms with Gasteiger partial charge in [0, 0.05) is 12.3 Å². The van der Waals surface area contributed by atoms with E-state index in [0.717, 1.165) is 11.3 Å². The van der Waals surface area contributed by atoms with Gasteiger partial charge in [0.15, 0.2) is 11.0 Å². The SMILES string of the molecule is O=c1cccc2[nH]c(-c3ccc(Cl)o3)cn12. The van der Waals surface area contributed by atoms with Crippen LogP contribution in [0.15, 0.2) is 45.7 Å². The van der Waals surface area contributed by atoms with Crippen LogP contribution in [0.1, 0.15) is 0 Å². The summed E-state index contributed by atoms with van der Waals surface area (Å²) in [5, 5.41) is 0.320. The van der Waals surface area contributed by atoms with E-state index < -0.39 is 0 Å². The molecule has 80 valence electrons. The summed E-state index contributed by atoms with van der Waals surface area (Å²) in [7, 11) is 0. The van der Waals surface area contributed by atoms with Gasteiger partial charge in [-0.25, -0.2) is 0 Å². The number of halogens is 1. The first kappa shape index (κ1) is 9.30. The highest BCUT2D eigenvalue weighted by Crippen LogP contribution is 2.23. The number of aromatic nitrogens is 2. The normalized spacial score (nSPS) is 11.1. The molecule has 0 aliphatic heterocycles. The van der Waals surface area contributed by atoms with E-state index in [1.165, 1.54) is 10.5 Å². The maximum atomic E-state index is 11.5. The first-order valence-corrected chi connectivity index (χ1v) is 5.08. The Morgan fingerprint density at radius 3 is 2.81 bits per heavy atom. The Kier molecular flexibility index (Phi) is 1.91. The zero-order valence-corrected chi connectivity index (χ0v) is 8.86. The second-order valence-electron chi connectivity index (χ2n) is 3.39. The van der Waals surface area contributed by atoms with Crippen molar-refractivity contribution in [1.82, 2.24) is 9.38 Å². The lowest BCUT2D eigenvalue weighted by Gasteiger charge is -1.87. The van der Waals surface area contributed by atoms with Gasteiger partial charge in [0.2, 0.25) is 0 Å². The van der Waals surface area contributed by atoms with Crippen LogP contribution in [0.4, 0.5) is 0 Å². The minimum Gasteiger partial charge on any atom is -0.443 e. The number of H-pyrrole nitrogens is 1. The zero-order chi connectivity index (χ0) is 11.1. The highest BCUT2D eigenvalue weighted by Gasteiger charge is 2.07. The third kappa shape index (κ3) is 1.35. The fraction of sp³-hybridized carbons (Fsp3) is 0. The monoisotopic (exact) mass is 234 g/mol. The molecule has 0 unspecified atom stereocenters. The van der Waals surface area contributed by atoms with Gasteiger partial charge in [-0.05, 0) is 29.8 Å². The summed E-state index contributed by atoms with van der Waals surface area (Å²) in [6.07, 6.45) is 1.69. The van der Waals surface area contributed by atoms with E-state index in [0.29, 0.717) is 11.0 Å². The molecule has 5 heteroatoms. The number of hydrogen-bond donors (Lipinski definition) is 1. The van der Waals surface area contributed by atoms with Crippen LogP contribution in [0.2, 0.25) is 5.22 Å². The summed E-state index contributed by atoms with van der Waals surface area (Å²) >= 11 is 5.69. The van der Waals surface area contributed by atoms with E-state index in [4.69, 9.17) is 16.0 Å². The van der Waals surface area contributed by atoms with Crippen molar-refractivity contribution < 1.29 is 4.42 Å². The molecular weight excluding hydrogens is 228 g/mol. The third-order valence-electron chi connectivity index (χ3n) is 2.35. The molecule has 0 saturated heterocycles. The van der Waals surface area contributed by atoms with E-state index in [1.807, 2.05) is 6.07 Å². The fourth-order valence-corrected chi connectivity index (χ4v) is 1.77. The van der Waals surface area contributed by atoms with Gasteiger partial charge in [-0.1, -0.05) is 6.07 Å². The number of nitrogens with one attached hydrogen (secondary N) is 1. The summed E-state index contributed by atoms with van der Waals surface area (Å²) in [6.45, 7) is 0. The van der Waals surface area contributed by atoms with Gasteiger partial charge in [0.1, 0.15) is 11.3 Å². The van der Waals surface area contributed by atoms with Gasteiger partial charge < -0.3 is 9.40 Å². The molecule has 0 spiro atoms. The van der Waals surface area contributed by atoms with Crippen LogP contribution in [0.3, 0.4) is 0 Å². The van der Waals surface area contributed by atoms with Crippen molar-refractivity contribution in [2.45, 2.75) is 0 Å². The fourth-order valence-electron chi connectivity index (χ4n) is 1.62. The molecule has 0 radical (unpaired) electrons. The zero-order valence-electron chi connectivity index (χ0n) is 8.11. The average molecular weight is 235 g/mol. The van der Waals surface area contributed by atoms with Gasteiger partial charge in [-0.15, -0.1) is 0 Å². The van der Waals surface area contributed by atoms with Gasteiger partial charge in [-0.2, -0.15) is 0 Å². The van der Waals surface area contributed by atoms with Crippen molar-refractivity contribution in [3.63, 3.8) is 0 Å². The molecule has 3 aromatic heterocycles. The van der Waals surface area contributed by atoms with E-state index in [1.54, 1.807) is 24.4 Å². The number of fused-ring (bicyclic) bond motifs is 1. The van der Waals surface area contributed by atoms with Crippen molar-refractivity contribution in [2.24, 2.45) is 0 Å². The molecule has 0 atom stereocenters. The minimum absolute atomic E-state index is 0.0855. The number of nitrogens with zero attached hydrogens (tertiary/aromatic N) is 1. The van der Waals surface area contributed by atoms with Crippen LogP contribution in [-0.4, -0.2) is 9.38 Å². The van der Waals surface area contributed by atoms with Crippen molar-refractivity contribution in [2.75, 3.05) is 0 Å². The molecule has 16 heavy (non-hydrogen) atoms. The molecule has 0 saturated carbocycles. The van der Waals surface area contributed by atoms with Crippen molar-refractivity contribution in [3.8, 4) is 11.5 Å².